The summed E-state index contributed by atoms with van der Waals surface area (Å²) >= 11 is 6.42. The molecular weight excluding hydrogens is 540 g/mol. The number of aromatic nitrogens is 2. The number of methoxy groups -OCH3 is 1. The topological polar surface area (TPSA) is 109 Å². The highest BCUT2D eigenvalue weighted by molar-refractivity contribution is 7.89. The Bertz CT molecular complexity index is 1390. The van der Waals surface area contributed by atoms with Crippen LogP contribution in [0.3, 0.4) is 0 Å². The average molecular weight is 575 g/mol. The molecule has 39 heavy (non-hydrogen) atoms. The van der Waals surface area contributed by atoms with Crippen LogP contribution in [0.2, 0.25) is 5.02 Å². The summed E-state index contributed by atoms with van der Waals surface area (Å²) in [5.41, 5.74) is 3.70. The minimum absolute atomic E-state index is 0.107. The van der Waals surface area contributed by atoms with Crippen molar-refractivity contribution in [2.24, 2.45) is 0 Å². The van der Waals surface area contributed by atoms with E-state index in [9.17, 15) is 8.42 Å². The highest BCUT2D eigenvalue weighted by Crippen LogP contribution is 2.33. The molecule has 2 aromatic carbocycles. The average Bonchev–Trinajstić information content (AvgIpc) is 3.12. The predicted octanol–water partition coefficient (Wildman–Crippen LogP) is 4.31. The van der Waals surface area contributed by atoms with Gasteiger partial charge >= 0.3 is 0 Å². The fourth-order valence-electron chi connectivity index (χ4n) is 4.58. The largest absolute Gasteiger partial charge is 0.383 e. The van der Waals surface area contributed by atoms with Crippen LogP contribution in [0.25, 0.3) is 0 Å². The van der Waals surface area contributed by atoms with Crippen LogP contribution in [-0.4, -0.2) is 70.2 Å². The number of ether oxygens (including phenoxy) is 1. The van der Waals surface area contributed by atoms with Crippen molar-refractivity contribution in [2.45, 2.75) is 36.6 Å². The molecule has 0 fully saturated rings. The molecule has 1 unspecified atom stereocenters. The summed E-state index contributed by atoms with van der Waals surface area (Å²) in [5.74, 6) is 0.509. The zero-order valence-electron chi connectivity index (χ0n) is 22.6. The zero-order chi connectivity index (χ0) is 28.0. The summed E-state index contributed by atoms with van der Waals surface area (Å²) < 4.78 is 32.0. The number of sulfonamides is 1. The molecule has 1 aromatic heterocycles. The van der Waals surface area contributed by atoms with Crippen molar-refractivity contribution in [1.29, 1.82) is 0 Å². The van der Waals surface area contributed by atoms with E-state index in [1.54, 1.807) is 32.4 Å². The molecule has 0 bridgehead atoms. The maximum Gasteiger partial charge on any atom is 0.256 e. The number of benzene rings is 2. The first-order valence-corrected chi connectivity index (χ1v) is 14.6. The Hall–Kier alpha value is -2.80. The molecular formula is C27H35ClN6O4S. The SMILES string of the molecule is COCCNC1CCCc2cc(N(OC)c3ncc(Cl)c(Nc4ccccc4S(=O)(=O)N(C)C)n3)ccc2C1. The second-order valence-corrected chi connectivity index (χ2v) is 12.0. The van der Waals surface area contributed by atoms with Gasteiger partial charge in [-0.25, -0.2) is 17.7 Å². The zero-order valence-corrected chi connectivity index (χ0v) is 24.2. The van der Waals surface area contributed by atoms with Gasteiger partial charge in [-0.15, -0.1) is 0 Å². The number of hydrogen-bond donors (Lipinski definition) is 2. The van der Waals surface area contributed by atoms with Gasteiger partial charge in [0.05, 0.1) is 31.3 Å². The monoisotopic (exact) mass is 574 g/mol. The van der Waals surface area contributed by atoms with E-state index in [2.05, 4.69) is 32.7 Å². The van der Waals surface area contributed by atoms with Crippen molar-refractivity contribution in [3.63, 3.8) is 0 Å². The first-order valence-electron chi connectivity index (χ1n) is 12.7. The minimum Gasteiger partial charge on any atom is -0.383 e. The molecule has 3 aromatic rings. The summed E-state index contributed by atoms with van der Waals surface area (Å²) in [4.78, 5) is 14.8. The van der Waals surface area contributed by atoms with E-state index in [4.69, 9.17) is 21.2 Å². The summed E-state index contributed by atoms with van der Waals surface area (Å²) in [6.07, 6.45) is 5.56. The molecule has 12 heteroatoms. The summed E-state index contributed by atoms with van der Waals surface area (Å²) in [7, 11) is 2.53. The van der Waals surface area contributed by atoms with E-state index in [0.717, 1.165) is 42.2 Å². The van der Waals surface area contributed by atoms with Crippen molar-refractivity contribution in [3.8, 4) is 0 Å². The first-order chi connectivity index (χ1) is 18.7. The fraction of sp³-hybridized carbons (Fsp3) is 0.407. The smallest absolute Gasteiger partial charge is 0.256 e. The highest BCUT2D eigenvalue weighted by Gasteiger charge is 2.23. The van der Waals surface area contributed by atoms with E-state index in [-0.39, 0.29) is 21.7 Å². The lowest BCUT2D eigenvalue weighted by Gasteiger charge is -2.22. The number of nitrogens with one attached hydrogen (secondary N) is 2. The second kappa shape index (κ2) is 13.0. The van der Waals surface area contributed by atoms with Gasteiger partial charge in [-0.2, -0.15) is 10.0 Å². The quantitative estimate of drug-likeness (QED) is 0.197. The van der Waals surface area contributed by atoms with Crippen molar-refractivity contribution in [3.05, 3.63) is 64.8 Å². The van der Waals surface area contributed by atoms with Gasteiger partial charge in [0.2, 0.25) is 10.0 Å². The Balaban J connectivity index is 1.60. The molecule has 4 rings (SSSR count). The lowest BCUT2D eigenvalue weighted by Crippen LogP contribution is -2.33. The molecule has 0 saturated carbocycles. The molecule has 0 amide bonds. The van der Waals surface area contributed by atoms with Crippen molar-refractivity contribution in [1.82, 2.24) is 19.6 Å². The van der Waals surface area contributed by atoms with Gasteiger partial charge in [0.25, 0.3) is 5.95 Å². The van der Waals surface area contributed by atoms with Gasteiger partial charge < -0.3 is 15.4 Å². The lowest BCUT2D eigenvalue weighted by molar-refractivity contribution is 0.195. The van der Waals surface area contributed by atoms with Crippen LogP contribution in [0, 0.1) is 0 Å². The van der Waals surface area contributed by atoms with Gasteiger partial charge in [-0.3, -0.25) is 4.84 Å². The highest BCUT2D eigenvalue weighted by atomic mass is 35.5. The number of para-hydroxylation sites is 1. The minimum atomic E-state index is -3.70. The van der Waals surface area contributed by atoms with Crippen molar-refractivity contribution in [2.75, 3.05) is 51.8 Å². The Morgan fingerprint density at radius 1 is 1.13 bits per heavy atom. The molecule has 10 nitrogen and oxygen atoms in total. The Morgan fingerprint density at radius 2 is 1.92 bits per heavy atom. The Morgan fingerprint density at radius 3 is 2.67 bits per heavy atom. The summed E-state index contributed by atoms with van der Waals surface area (Å²) in [6.45, 7) is 1.53. The van der Waals surface area contributed by atoms with Gasteiger partial charge in [0.15, 0.2) is 5.82 Å². The Labute approximate surface area is 235 Å². The van der Waals surface area contributed by atoms with Crippen LogP contribution in [0.15, 0.2) is 53.6 Å². The van der Waals surface area contributed by atoms with Gasteiger partial charge in [0, 0.05) is 33.8 Å². The van der Waals surface area contributed by atoms with Crippen LogP contribution in [0.4, 0.5) is 23.1 Å². The number of aryl methyl sites for hydroxylation is 1. The van der Waals surface area contributed by atoms with Crippen molar-refractivity contribution < 1.29 is 18.0 Å². The third kappa shape index (κ3) is 6.86. The van der Waals surface area contributed by atoms with E-state index < -0.39 is 10.0 Å². The van der Waals surface area contributed by atoms with E-state index in [0.29, 0.717) is 18.3 Å². The second-order valence-electron chi connectivity index (χ2n) is 9.45. The van der Waals surface area contributed by atoms with Gasteiger partial charge in [-0.05, 0) is 61.1 Å². The molecule has 210 valence electrons. The number of anilines is 4. The van der Waals surface area contributed by atoms with E-state index >= 15 is 0 Å². The number of halogens is 1. The first kappa shape index (κ1) is 29.2. The molecule has 1 aliphatic carbocycles. The third-order valence-corrected chi connectivity index (χ3v) is 8.77. The molecule has 1 heterocycles. The lowest BCUT2D eigenvalue weighted by atomic mass is 10.0. The van der Waals surface area contributed by atoms with Crippen LogP contribution in [-0.2, 0) is 32.4 Å². The van der Waals surface area contributed by atoms with E-state index in [1.807, 2.05) is 6.07 Å². The number of fused-ring (bicyclic) bond motifs is 1. The standard InChI is InChI=1S/C27H35ClN6O4S/c1-33(2)39(35,36)25-11-6-5-10-24(25)31-26-23(28)18-30-27(32-26)34(38-4)22-13-12-20-16-21(29-14-15-37-3)9-7-8-19(20)17-22/h5-6,10-13,17-18,21,29H,7-9,14-16H2,1-4H3,(H,30,31,32). The summed E-state index contributed by atoms with van der Waals surface area (Å²) in [5, 5.41) is 8.43. The molecule has 1 aliphatic rings. The maximum absolute atomic E-state index is 12.8. The van der Waals surface area contributed by atoms with Gasteiger partial charge in [-0.1, -0.05) is 29.8 Å². The molecule has 1 atom stereocenters. The normalized spacial score (nSPS) is 15.6. The molecule has 0 spiro atoms. The molecule has 0 radical (unpaired) electrons. The van der Waals surface area contributed by atoms with Crippen LogP contribution in [0.1, 0.15) is 24.0 Å². The van der Waals surface area contributed by atoms with Gasteiger partial charge in [0.1, 0.15) is 9.92 Å². The summed E-state index contributed by atoms with van der Waals surface area (Å²) in [6, 6.07) is 13.2. The number of hydrogen-bond acceptors (Lipinski definition) is 9. The van der Waals surface area contributed by atoms with Crippen LogP contribution in [0.5, 0.6) is 0 Å². The molecule has 0 saturated heterocycles. The van der Waals surface area contributed by atoms with E-state index in [1.165, 1.54) is 42.5 Å². The number of rotatable bonds is 11. The predicted molar refractivity (Wildman–Crippen MR) is 154 cm³/mol. The number of nitrogens with zero attached hydrogens (tertiary/aromatic N) is 4. The molecule has 2 N–H and O–H groups in total. The molecule has 0 aliphatic heterocycles. The maximum atomic E-state index is 12.8. The third-order valence-electron chi connectivity index (χ3n) is 6.62. The fourth-order valence-corrected chi connectivity index (χ4v) is 5.76. The van der Waals surface area contributed by atoms with Crippen molar-refractivity contribution >= 4 is 44.8 Å². The van der Waals surface area contributed by atoms with Crippen LogP contribution < -0.4 is 15.7 Å². The van der Waals surface area contributed by atoms with Crippen LogP contribution >= 0.6 is 11.6 Å². The Kier molecular flexibility index (Phi) is 9.76.